The standard InChI is InChI=1S/C41H47ClF3N9O6/c1-22(2)35(51-40(58)59-6)38(56)52-15-7-8-32(52)36-48-19-31(49-36)26-11-9-25(10-12-26)28-16-29(42)30(17-33(28)60-41(43,44)45)50-37(55)27-13-14-34(47-18-27)53-20-24(4)54(21-23(53)3)39(57)46-5/h9-14,16-19,22-24,32,35H,7-8,15,20-21H2,1-6H3,(H,46,57)(H,48,49)(H,50,55)(H,51,58)/t23-,24+,32+,35+/m1/s1. The summed E-state index contributed by atoms with van der Waals surface area (Å²) in [4.78, 5) is 68.8. The molecule has 2 aliphatic heterocycles. The van der Waals surface area contributed by atoms with E-state index < -0.39 is 30.2 Å². The number of alkyl halides is 3. The number of carbonyl (C=O) groups is 4. The predicted octanol–water partition coefficient (Wildman–Crippen LogP) is 7.23. The molecule has 2 saturated heterocycles. The Labute approximate surface area is 350 Å². The number of nitrogens with zero attached hydrogens (tertiary/aromatic N) is 5. The third kappa shape index (κ3) is 9.70. The van der Waals surface area contributed by atoms with Crippen LogP contribution in [0.4, 0.5) is 34.3 Å². The van der Waals surface area contributed by atoms with Crippen molar-refractivity contribution >= 4 is 47.0 Å². The minimum Gasteiger partial charge on any atom is -0.453 e. The van der Waals surface area contributed by atoms with Crippen LogP contribution in [0.3, 0.4) is 0 Å². The topological polar surface area (TPSA) is 174 Å². The third-order valence-corrected chi connectivity index (χ3v) is 11.0. The Hall–Kier alpha value is -6.04. The first-order chi connectivity index (χ1) is 28.5. The highest BCUT2D eigenvalue weighted by Crippen LogP contribution is 2.41. The molecule has 0 saturated carbocycles. The van der Waals surface area contributed by atoms with Crippen molar-refractivity contribution in [3.63, 3.8) is 0 Å². The summed E-state index contributed by atoms with van der Waals surface area (Å²) in [6.07, 6.45) is -1.38. The van der Waals surface area contributed by atoms with Gasteiger partial charge >= 0.3 is 18.5 Å². The lowest BCUT2D eigenvalue weighted by Gasteiger charge is -2.44. The summed E-state index contributed by atoms with van der Waals surface area (Å²) in [5.74, 6) is -0.523. The van der Waals surface area contributed by atoms with Crippen LogP contribution in [0.2, 0.25) is 5.02 Å². The van der Waals surface area contributed by atoms with E-state index in [2.05, 4.69) is 35.6 Å². The first kappa shape index (κ1) is 43.5. The van der Waals surface area contributed by atoms with Crippen molar-refractivity contribution in [1.82, 2.24) is 35.4 Å². The number of alkyl carbamates (subject to hydrolysis) is 1. The molecule has 2 aromatic heterocycles. The van der Waals surface area contributed by atoms with Gasteiger partial charge in [-0.15, -0.1) is 13.2 Å². The van der Waals surface area contributed by atoms with E-state index in [4.69, 9.17) is 16.3 Å². The molecular weight excluding hydrogens is 807 g/mol. The van der Waals surface area contributed by atoms with Gasteiger partial charge in [0.25, 0.3) is 5.91 Å². The number of carbonyl (C=O) groups excluding carboxylic acids is 4. The number of aromatic amines is 1. The van der Waals surface area contributed by atoms with E-state index in [9.17, 15) is 32.3 Å². The second-order valence-electron chi connectivity index (χ2n) is 15.1. The molecule has 2 fully saturated rings. The number of hydrogen-bond donors (Lipinski definition) is 4. The number of likely N-dealkylation sites (tertiary alicyclic amines) is 1. The molecule has 19 heteroatoms. The molecule has 320 valence electrons. The lowest BCUT2D eigenvalue weighted by molar-refractivity contribution is -0.274. The number of halogens is 4. The Morgan fingerprint density at radius 1 is 0.950 bits per heavy atom. The van der Waals surface area contributed by atoms with E-state index >= 15 is 0 Å². The van der Waals surface area contributed by atoms with E-state index in [0.717, 1.165) is 12.5 Å². The van der Waals surface area contributed by atoms with Crippen LogP contribution in [-0.2, 0) is 9.53 Å². The highest BCUT2D eigenvalue weighted by Gasteiger charge is 2.38. The van der Waals surface area contributed by atoms with E-state index in [0.29, 0.717) is 54.5 Å². The smallest absolute Gasteiger partial charge is 0.453 e. The maximum atomic E-state index is 13.7. The summed E-state index contributed by atoms with van der Waals surface area (Å²) in [6, 6.07) is 10.7. The fourth-order valence-corrected chi connectivity index (χ4v) is 7.73. The summed E-state index contributed by atoms with van der Waals surface area (Å²) < 4.78 is 50.3. The lowest BCUT2D eigenvalue weighted by atomic mass is 10.0. The molecule has 15 nitrogen and oxygen atoms in total. The monoisotopic (exact) mass is 853 g/mol. The van der Waals surface area contributed by atoms with Crippen molar-refractivity contribution in [2.75, 3.05) is 44.0 Å². The highest BCUT2D eigenvalue weighted by molar-refractivity contribution is 6.34. The summed E-state index contributed by atoms with van der Waals surface area (Å²) >= 11 is 6.58. The molecular formula is C41H47ClF3N9O6. The molecule has 2 aromatic carbocycles. The number of hydrogen-bond acceptors (Lipinski definition) is 9. The fraction of sp³-hybridized carbons (Fsp3) is 0.415. The van der Waals surface area contributed by atoms with Crippen molar-refractivity contribution < 1.29 is 41.8 Å². The van der Waals surface area contributed by atoms with Crippen LogP contribution in [0.1, 0.15) is 62.8 Å². The van der Waals surface area contributed by atoms with Crippen molar-refractivity contribution in [1.29, 1.82) is 0 Å². The first-order valence-electron chi connectivity index (χ1n) is 19.4. The Balaban J connectivity index is 1.17. The zero-order chi connectivity index (χ0) is 43.5. The largest absolute Gasteiger partial charge is 0.573 e. The molecule has 4 heterocycles. The molecule has 60 heavy (non-hydrogen) atoms. The molecule has 4 N–H and O–H groups in total. The summed E-state index contributed by atoms with van der Waals surface area (Å²) in [5.41, 5.74) is 1.69. The van der Waals surface area contributed by atoms with E-state index in [1.165, 1.54) is 19.4 Å². The van der Waals surface area contributed by atoms with Gasteiger partial charge in [-0.1, -0.05) is 49.7 Å². The van der Waals surface area contributed by atoms with Crippen molar-refractivity contribution in [2.45, 2.75) is 71.1 Å². The maximum Gasteiger partial charge on any atom is 0.573 e. The molecule has 0 radical (unpaired) electrons. The zero-order valence-corrected chi connectivity index (χ0v) is 34.6. The molecule has 4 aromatic rings. The van der Waals surface area contributed by atoms with Gasteiger partial charge in [0, 0.05) is 56.6 Å². The molecule has 5 amide bonds. The number of methoxy groups -OCH3 is 1. The van der Waals surface area contributed by atoms with Crippen LogP contribution in [-0.4, -0.2) is 107 Å². The quantitative estimate of drug-likeness (QED) is 0.128. The summed E-state index contributed by atoms with van der Waals surface area (Å²) in [7, 11) is 2.82. The number of amides is 5. The number of urea groups is 1. The number of imidazole rings is 1. The molecule has 0 unspecified atom stereocenters. The fourth-order valence-electron chi connectivity index (χ4n) is 7.52. The van der Waals surface area contributed by atoms with Gasteiger partial charge in [0.15, 0.2) is 0 Å². The van der Waals surface area contributed by atoms with Crippen LogP contribution in [0.15, 0.2) is 60.9 Å². The Morgan fingerprint density at radius 3 is 2.30 bits per heavy atom. The van der Waals surface area contributed by atoms with Crippen LogP contribution in [0.5, 0.6) is 5.75 Å². The molecule has 0 aliphatic carbocycles. The third-order valence-electron chi connectivity index (χ3n) is 10.7. The number of pyridine rings is 1. The van der Waals surface area contributed by atoms with E-state index in [1.807, 2.05) is 32.6 Å². The molecule has 6 rings (SSSR count). The maximum absolute atomic E-state index is 13.7. The van der Waals surface area contributed by atoms with Crippen molar-refractivity contribution in [3.05, 3.63) is 77.3 Å². The Morgan fingerprint density at radius 2 is 1.67 bits per heavy atom. The number of rotatable bonds is 10. The number of anilines is 2. The molecule has 0 bridgehead atoms. The Kier molecular flexibility index (Phi) is 13.1. The van der Waals surface area contributed by atoms with Crippen LogP contribution < -0.4 is 25.6 Å². The highest BCUT2D eigenvalue weighted by atomic mass is 35.5. The Bertz CT molecular complexity index is 2200. The average molecular weight is 854 g/mol. The van der Waals surface area contributed by atoms with Gasteiger partial charge in [-0.2, -0.15) is 0 Å². The van der Waals surface area contributed by atoms with E-state index in [1.54, 1.807) is 59.4 Å². The summed E-state index contributed by atoms with van der Waals surface area (Å²) in [5, 5.41) is 7.82. The van der Waals surface area contributed by atoms with Crippen LogP contribution >= 0.6 is 11.6 Å². The second kappa shape index (κ2) is 18.1. The summed E-state index contributed by atoms with van der Waals surface area (Å²) in [6.45, 7) is 9.04. The number of benzene rings is 2. The van der Waals surface area contributed by atoms with Crippen molar-refractivity contribution in [2.24, 2.45) is 5.92 Å². The molecule has 0 spiro atoms. The lowest BCUT2D eigenvalue weighted by Crippen LogP contribution is -2.60. The van der Waals surface area contributed by atoms with Gasteiger partial charge < -0.3 is 45.1 Å². The van der Waals surface area contributed by atoms with E-state index in [-0.39, 0.29) is 57.8 Å². The predicted molar refractivity (Wildman–Crippen MR) is 219 cm³/mol. The number of H-pyrrole nitrogens is 1. The average Bonchev–Trinajstić information content (AvgIpc) is 3.91. The van der Waals surface area contributed by atoms with Gasteiger partial charge in [0.2, 0.25) is 5.91 Å². The van der Waals surface area contributed by atoms with Gasteiger partial charge in [-0.25, -0.2) is 19.6 Å². The second-order valence-corrected chi connectivity index (χ2v) is 15.5. The van der Waals surface area contributed by atoms with Gasteiger partial charge in [-0.05, 0) is 61.9 Å². The van der Waals surface area contributed by atoms with Crippen molar-refractivity contribution in [3.8, 4) is 28.1 Å². The molecule has 2 aliphatic rings. The number of piperazine rings is 1. The van der Waals surface area contributed by atoms with Gasteiger partial charge in [0.1, 0.15) is 23.4 Å². The van der Waals surface area contributed by atoms with Crippen LogP contribution in [0, 0.1) is 5.92 Å². The zero-order valence-electron chi connectivity index (χ0n) is 33.9. The number of ether oxygens (including phenoxy) is 2. The normalized spacial score (nSPS) is 18.6. The van der Waals surface area contributed by atoms with Gasteiger partial charge in [-0.3, -0.25) is 9.59 Å². The van der Waals surface area contributed by atoms with Crippen LogP contribution in [0.25, 0.3) is 22.4 Å². The minimum absolute atomic E-state index is 0.0263. The molecule has 4 atom stereocenters. The number of aromatic nitrogens is 3. The minimum atomic E-state index is -5.06. The van der Waals surface area contributed by atoms with Gasteiger partial charge in [0.05, 0.1) is 41.3 Å². The SMILES string of the molecule is CNC(=O)N1C[C@@H](C)N(c2ccc(C(=O)Nc3cc(OC(F)(F)F)c(-c4ccc(-c5cnc([C@@H]6CCCN6C(=O)[C@@H](NC(=O)OC)C(C)C)[nH]5)cc4)cc3Cl)cn2)C[C@@H]1C. The first-order valence-corrected chi connectivity index (χ1v) is 19.8. The number of nitrogens with one attached hydrogen (secondary N) is 4.